The molecule has 2 aromatic rings. The lowest BCUT2D eigenvalue weighted by Crippen LogP contribution is -2.51. The van der Waals surface area contributed by atoms with Gasteiger partial charge in [-0.25, -0.2) is 9.59 Å². The number of likely N-dealkylation sites (tertiary alicyclic amines) is 1. The van der Waals surface area contributed by atoms with E-state index in [0.717, 1.165) is 15.6 Å². The lowest BCUT2D eigenvalue weighted by Gasteiger charge is -2.36. The van der Waals surface area contributed by atoms with Crippen molar-refractivity contribution in [3.8, 4) is 0 Å². The van der Waals surface area contributed by atoms with Crippen molar-refractivity contribution in [1.82, 2.24) is 4.90 Å². The van der Waals surface area contributed by atoms with Crippen molar-refractivity contribution in [2.75, 3.05) is 13.2 Å². The van der Waals surface area contributed by atoms with Crippen LogP contribution in [0.4, 0.5) is 4.79 Å². The molecule has 5 nitrogen and oxygen atoms in total. The van der Waals surface area contributed by atoms with Crippen molar-refractivity contribution in [3.05, 3.63) is 70.2 Å². The second kappa shape index (κ2) is 8.57. The van der Waals surface area contributed by atoms with Gasteiger partial charge in [0.15, 0.2) is 5.54 Å². The first kappa shape index (κ1) is 19.4. The van der Waals surface area contributed by atoms with Crippen LogP contribution < -0.4 is 0 Å². The number of carbonyl (C=O) groups is 2. The molecule has 1 atom stereocenters. The number of hydrogen-bond acceptors (Lipinski definition) is 4. The number of carbonyl (C=O) groups excluding carboxylic acids is 2. The lowest BCUT2D eigenvalue weighted by atomic mass is 9.87. The van der Waals surface area contributed by atoms with Gasteiger partial charge in [0.2, 0.25) is 0 Å². The first-order valence-electron chi connectivity index (χ1n) is 8.99. The Morgan fingerprint density at radius 1 is 1.07 bits per heavy atom. The quantitative estimate of drug-likeness (QED) is 0.646. The Kier molecular flexibility index (Phi) is 6.16. The number of esters is 1. The molecular formula is C21H22BrNO4. The van der Waals surface area contributed by atoms with Crippen LogP contribution in [-0.4, -0.2) is 30.1 Å². The van der Waals surface area contributed by atoms with Crippen molar-refractivity contribution in [2.24, 2.45) is 0 Å². The SMILES string of the molecule is CCOC(=O)C1(c2ccc(Br)cc2)CCCN1C(=O)OCc1ccccc1. The minimum Gasteiger partial charge on any atom is -0.464 e. The third-order valence-electron chi connectivity index (χ3n) is 4.74. The highest BCUT2D eigenvalue weighted by molar-refractivity contribution is 9.10. The van der Waals surface area contributed by atoms with Crippen LogP contribution in [0.25, 0.3) is 0 Å². The van der Waals surface area contributed by atoms with Gasteiger partial charge < -0.3 is 9.47 Å². The van der Waals surface area contributed by atoms with Crippen molar-refractivity contribution in [2.45, 2.75) is 31.9 Å². The molecule has 1 aliphatic heterocycles. The third kappa shape index (κ3) is 4.00. The van der Waals surface area contributed by atoms with E-state index in [1.165, 1.54) is 4.90 Å². The molecule has 1 heterocycles. The molecule has 27 heavy (non-hydrogen) atoms. The average Bonchev–Trinajstić information content (AvgIpc) is 3.14. The van der Waals surface area contributed by atoms with Gasteiger partial charge >= 0.3 is 12.1 Å². The maximum Gasteiger partial charge on any atom is 0.411 e. The zero-order chi connectivity index (χ0) is 19.3. The molecule has 1 aliphatic rings. The summed E-state index contributed by atoms with van der Waals surface area (Å²) in [6, 6.07) is 16.9. The van der Waals surface area contributed by atoms with E-state index in [1.807, 2.05) is 54.6 Å². The second-order valence-corrected chi connectivity index (χ2v) is 7.30. The Labute approximate surface area is 167 Å². The lowest BCUT2D eigenvalue weighted by molar-refractivity contribution is -0.156. The Morgan fingerprint density at radius 2 is 1.78 bits per heavy atom. The molecule has 3 rings (SSSR count). The van der Waals surface area contributed by atoms with Crippen LogP contribution >= 0.6 is 15.9 Å². The number of rotatable bonds is 5. The van der Waals surface area contributed by atoms with Crippen LogP contribution in [0.3, 0.4) is 0 Å². The summed E-state index contributed by atoms with van der Waals surface area (Å²) in [5.74, 6) is -0.415. The number of nitrogens with zero attached hydrogens (tertiary/aromatic N) is 1. The molecule has 0 aromatic heterocycles. The van der Waals surface area contributed by atoms with E-state index in [0.29, 0.717) is 19.4 Å². The average molecular weight is 432 g/mol. The van der Waals surface area contributed by atoms with Crippen LogP contribution in [0, 0.1) is 0 Å². The minimum atomic E-state index is -1.15. The Bertz CT molecular complexity index is 794. The van der Waals surface area contributed by atoms with E-state index < -0.39 is 17.6 Å². The predicted molar refractivity (Wildman–Crippen MR) is 105 cm³/mol. The van der Waals surface area contributed by atoms with Crippen molar-refractivity contribution in [3.63, 3.8) is 0 Å². The largest absolute Gasteiger partial charge is 0.464 e. The van der Waals surface area contributed by atoms with Crippen LogP contribution in [0.1, 0.15) is 30.9 Å². The number of halogens is 1. The van der Waals surface area contributed by atoms with Crippen LogP contribution in [0.15, 0.2) is 59.1 Å². The molecule has 0 radical (unpaired) electrons. The van der Waals surface area contributed by atoms with Gasteiger partial charge in [-0.15, -0.1) is 0 Å². The summed E-state index contributed by atoms with van der Waals surface area (Å²) >= 11 is 3.41. The fourth-order valence-electron chi connectivity index (χ4n) is 3.47. The molecule has 1 amide bonds. The molecule has 0 spiro atoms. The van der Waals surface area contributed by atoms with Gasteiger partial charge in [0.25, 0.3) is 0 Å². The zero-order valence-corrected chi connectivity index (χ0v) is 16.8. The summed E-state index contributed by atoms with van der Waals surface area (Å²) in [5, 5.41) is 0. The van der Waals surface area contributed by atoms with Crippen molar-refractivity contribution < 1.29 is 19.1 Å². The Hall–Kier alpha value is -2.34. The first-order chi connectivity index (χ1) is 13.1. The van der Waals surface area contributed by atoms with Gasteiger partial charge in [0.05, 0.1) is 6.61 Å². The molecule has 0 aliphatic carbocycles. The summed E-state index contributed by atoms with van der Waals surface area (Å²) in [5.41, 5.74) is 0.485. The Balaban J connectivity index is 1.88. The van der Waals surface area contributed by atoms with E-state index in [1.54, 1.807) is 6.92 Å². The van der Waals surface area contributed by atoms with Gasteiger partial charge in [0, 0.05) is 11.0 Å². The highest BCUT2D eigenvalue weighted by Crippen LogP contribution is 2.41. The minimum absolute atomic E-state index is 0.162. The van der Waals surface area contributed by atoms with Gasteiger partial charge in [-0.1, -0.05) is 58.4 Å². The number of amides is 1. The van der Waals surface area contributed by atoms with Gasteiger partial charge in [-0.2, -0.15) is 0 Å². The monoisotopic (exact) mass is 431 g/mol. The third-order valence-corrected chi connectivity index (χ3v) is 5.27. The van der Waals surface area contributed by atoms with Gasteiger partial charge in [-0.3, -0.25) is 4.90 Å². The standard InChI is InChI=1S/C21H22BrNO4/c1-2-26-19(24)21(17-9-11-18(22)12-10-17)13-6-14-23(21)20(25)27-15-16-7-4-3-5-8-16/h3-5,7-12H,2,6,13-15H2,1H3. The maximum atomic E-state index is 13.0. The number of ether oxygens (including phenoxy) is 2. The second-order valence-electron chi connectivity index (χ2n) is 6.38. The van der Waals surface area contributed by atoms with Crippen molar-refractivity contribution in [1.29, 1.82) is 0 Å². The Morgan fingerprint density at radius 3 is 2.44 bits per heavy atom. The van der Waals surface area contributed by atoms with Crippen LogP contribution in [0.5, 0.6) is 0 Å². The topological polar surface area (TPSA) is 55.8 Å². The molecule has 2 aromatic carbocycles. The maximum absolute atomic E-state index is 13.0. The first-order valence-corrected chi connectivity index (χ1v) is 9.79. The summed E-state index contributed by atoms with van der Waals surface area (Å²) in [6.45, 7) is 2.63. The summed E-state index contributed by atoms with van der Waals surface area (Å²) < 4.78 is 11.8. The van der Waals surface area contributed by atoms with E-state index >= 15 is 0 Å². The summed E-state index contributed by atoms with van der Waals surface area (Å²) in [7, 11) is 0. The van der Waals surface area contributed by atoms with Crippen molar-refractivity contribution >= 4 is 28.0 Å². The normalized spacial score (nSPS) is 19.0. The number of hydrogen-bond donors (Lipinski definition) is 0. The molecular weight excluding hydrogens is 410 g/mol. The fourth-order valence-corrected chi connectivity index (χ4v) is 3.73. The number of benzene rings is 2. The van der Waals surface area contributed by atoms with E-state index in [-0.39, 0.29) is 13.2 Å². The fraction of sp³-hybridized carbons (Fsp3) is 0.333. The summed E-state index contributed by atoms with van der Waals surface area (Å²) in [6.07, 6.45) is 0.704. The van der Waals surface area contributed by atoms with Crippen LogP contribution in [0.2, 0.25) is 0 Å². The molecule has 6 heteroatoms. The smallest absolute Gasteiger partial charge is 0.411 e. The molecule has 142 valence electrons. The highest BCUT2D eigenvalue weighted by atomic mass is 79.9. The van der Waals surface area contributed by atoms with E-state index in [9.17, 15) is 9.59 Å². The van der Waals surface area contributed by atoms with E-state index in [2.05, 4.69) is 15.9 Å². The van der Waals surface area contributed by atoms with E-state index in [4.69, 9.17) is 9.47 Å². The molecule has 0 bridgehead atoms. The molecule has 1 fully saturated rings. The zero-order valence-electron chi connectivity index (χ0n) is 15.2. The molecule has 1 saturated heterocycles. The highest BCUT2D eigenvalue weighted by Gasteiger charge is 2.53. The summed E-state index contributed by atoms with van der Waals surface area (Å²) in [4.78, 5) is 27.3. The van der Waals surface area contributed by atoms with Gasteiger partial charge in [-0.05, 0) is 43.0 Å². The van der Waals surface area contributed by atoms with Gasteiger partial charge in [0.1, 0.15) is 6.61 Å². The molecule has 1 unspecified atom stereocenters. The van der Waals surface area contributed by atoms with Crippen LogP contribution in [-0.2, 0) is 26.4 Å². The molecule has 0 saturated carbocycles. The predicted octanol–water partition coefficient (Wildman–Crippen LogP) is 4.64. The molecule has 0 N–H and O–H groups in total.